The second kappa shape index (κ2) is 13.9. The standard InChI is InChI=1S/C21H38N.ClH/c1-4-6-7-8-9-10-11-12-13-17-20-22(3,5-2)21-18-15-14-16-19-21;/h14-16,18-19H,4-13,17,20H2,1-3H3;1H/q+1;/p-1. The molecule has 0 saturated carbocycles. The minimum atomic E-state index is 0. The Morgan fingerprint density at radius 3 is 1.65 bits per heavy atom. The first-order valence-corrected chi connectivity index (χ1v) is 9.63. The summed E-state index contributed by atoms with van der Waals surface area (Å²) < 4.78 is 1.08. The van der Waals surface area contributed by atoms with Crippen LogP contribution in [0.5, 0.6) is 0 Å². The first kappa shape index (κ1) is 22.5. The molecule has 0 radical (unpaired) electrons. The molecule has 23 heavy (non-hydrogen) atoms. The van der Waals surface area contributed by atoms with Gasteiger partial charge in [-0.3, -0.25) is 4.48 Å². The largest absolute Gasteiger partial charge is 1.00 e. The molecular formula is C21H38ClN. The first-order valence-electron chi connectivity index (χ1n) is 9.63. The number of hydrogen-bond donors (Lipinski definition) is 0. The zero-order valence-corrected chi connectivity index (χ0v) is 16.5. The molecule has 0 aliphatic rings. The fraction of sp³-hybridized carbons (Fsp3) is 0.714. The zero-order chi connectivity index (χ0) is 16.1. The van der Waals surface area contributed by atoms with Gasteiger partial charge in [-0.2, -0.15) is 0 Å². The smallest absolute Gasteiger partial charge is 0.132 e. The van der Waals surface area contributed by atoms with Crippen molar-refractivity contribution in [2.24, 2.45) is 0 Å². The maximum absolute atomic E-state index is 2.38. The van der Waals surface area contributed by atoms with Crippen LogP contribution < -0.4 is 16.9 Å². The maximum atomic E-state index is 2.38. The van der Waals surface area contributed by atoms with Crippen molar-refractivity contribution in [1.29, 1.82) is 0 Å². The molecule has 0 heterocycles. The molecule has 0 bridgehead atoms. The highest BCUT2D eigenvalue weighted by atomic mass is 35.5. The molecule has 1 unspecified atom stereocenters. The summed E-state index contributed by atoms with van der Waals surface area (Å²) in [6.07, 6.45) is 14.2. The summed E-state index contributed by atoms with van der Waals surface area (Å²) in [7, 11) is 2.38. The van der Waals surface area contributed by atoms with Crippen molar-refractivity contribution in [1.82, 2.24) is 4.48 Å². The molecule has 0 aliphatic heterocycles. The normalized spacial score (nSPS) is 13.3. The molecule has 134 valence electrons. The maximum Gasteiger partial charge on any atom is 0.132 e. The van der Waals surface area contributed by atoms with Crippen molar-refractivity contribution in [2.45, 2.75) is 78.1 Å². The molecule has 1 aromatic rings. The van der Waals surface area contributed by atoms with Crippen LogP contribution in [0.3, 0.4) is 0 Å². The number of halogens is 1. The van der Waals surface area contributed by atoms with Crippen LogP contribution in [-0.2, 0) is 0 Å². The topological polar surface area (TPSA) is 0 Å². The fourth-order valence-corrected chi connectivity index (χ4v) is 3.21. The Hall–Kier alpha value is -0.530. The van der Waals surface area contributed by atoms with Gasteiger partial charge in [0.25, 0.3) is 0 Å². The van der Waals surface area contributed by atoms with Crippen molar-refractivity contribution < 1.29 is 12.4 Å². The molecule has 1 rings (SSSR count). The van der Waals surface area contributed by atoms with Gasteiger partial charge in [-0.05, 0) is 31.9 Å². The van der Waals surface area contributed by atoms with E-state index in [1.807, 2.05) is 0 Å². The Bertz CT molecular complexity index is 365. The van der Waals surface area contributed by atoms with Crippen LogP contribution in [0.4, 0.5) is 5.69 Å². The Morgan fingerprint density at radius 2 is 1.17 bits per heavy atom. The summed E-state index contributed by atoms with van der Waals surface area (Å²) in [6, 6.07) is 11.0. The van der Waals surface area contributed by atoms with Crippen LogP contribution in [0.25, 0.3) is 0 Å². The second-order valence-corrected chi connectivity index (χ2v) is 6.95. The highest BCUT2D eigenvalue weighted by Gasteiger charge is 2.21. The van der Waals surface area contributed by atoms with Crippen molar-refractivity contribution in [3.05, 3.63) is 30.3 Å². The molecule has 0 amide bonds. The molecule has 0 saturated heterocycles. The van der Waals surface area contributed by atoms with E-state index in [4.69, 9.17) is 0 Å². The highest BCUT2D eigenvalue weighted by Crippen LogP contribution is 2.21. The lowest BCUT2D eigenvalue weighted by atomic mass is 10.1. The van der Waals surface area contributed by atoms with E-state index >= 15 is 0 Å². The minimum Gasteiger partial charge on any atom is -1.00 e. The van der Waals surface area contributed by atoms with Gasteiger partial charge in [0.1, 0.15) is 5.69 Å². The average molecular weight is 340 g/mol. The number of hydrogen-bond acceptors (Lipinski definition) is 0. The Kier molecular flexibility index (Phi) is 13.5. The third-order valence-electron chi connectivity index (χ3n) is 5.08. The van der Waals surface area contributed by atoms with Gasteiger partial charge in [-0.1, -0.05) is 76.5 Å². The molecule has 1 nitrogen and oxygen atoms in total. The van der Waals surface area contributed by atoms with Crippen LogP contribution in [0.2, 0.25) is 0 Å². The lowest BCUT2D eigenvalue weighted by molar-refractivity contribution is -0.00000487. The van der Waals surface area contributed by atoms with Crippen LogP contribution in [0.15, 0.2) is 30.3 Å². The summed E-state index contributed by atoms with van der Waals surface area (Å²) in [4.78, 5) is 0. The molecule has 0 fully saturated rings. The Morgan fingerprint density at radius 1 is 0.696 bits per heavy atom. The Labute approximate surface area is 151 Å². The number of rotatable bonds is 13. The molecular weight excluding hydrogens is 302 g/mol. The van der Waals surface area contributed by atoms with Gasteiger partial charge in [0.05, 0.1) is 20.1 Å². The molecule has 0 N–H and O–H groups in total. The summed E-state index contributed by atoms with van der Waals surface area (Å²) in [5.74, 6) is 0. The third kappa shape index (κ3) is 9.37. The average Bonchev–Trinajstić information content (AvgIpc) is 2.57. The van der Waals surface area contributed by atoms with Crippen LogP contribution in [0, 0.1) is 0 Å². The first-order chi connectivity index (χ1) is 10.7. The van der Waals surface area contributed by atoms with Gasteiger partial charge < -0.3 is 12.4 Å². The third-order valence-corrected chi connectivity index (χ3v) is 5.08. The molecule has 0 aliphatic carbocycles. The fourth-order valence-electron chi connectivity index (χ4n) is 3.21. The van der Waals surface area contributed by atoms with Crippen molar-refractivity contribution in [2.75, 3.05) is 20.1 Å². The lowest BCUT2D eigenvalue weighted by Gasteiger charge is -2.33. The summed E-state index contributed by atoms with van der Waals surface area (Å²) in [6.45, 7) is 7.06. The van der Waals surface area contributed by atoms with Crippen molar-refractivity contribution in [3.63, 3.8) is 0 Å². The van der Waals surface area contributed by atoms with E-state index in [1.165, 1.54) is 83.0 Å². The Balaban J connectivity index is 0.00000484. The monoisotopic (exact) mass is 339 g/mol. The number of nitrogens with zero attached hydrogens (tertiary/aromatic N) is 1. The van der Waals surface area contributed by atoms with E-state index in [2.05, 4.69) is 51.2 Å². The van der Waals surface area contributed by atoms with Gasteiger partial charge in [0, 0.05) is 0 Å². The predicted octanol–water partition coefficient (Wildman–Crippen LogP) is 3.57. The van der Waals surface area contributed by atoms with Gasteiger partial charge >= 0.3 is 0 Å². The van der Waals surface area contributed by atoms with E-state index < -0.39 is 0 Å². The van der Waals surface area contributed by atoms with E-state index in [1.54, 1.807) is 0 Å². The number of para-hydroxylation sites is 1. The van der Waals surface area contributed by atoms with Crippen LogP contribution >= 0.6 is 0 Å². The van der Waals surface area contributed by atoms with Crippen LogP contribution in [0.1, 0.15) is 78.1 Å². The molecule has 1 atom stereocenters. The van der Waals surface area contributed by atoms with Crippen molar-refractivity contribution in [3.8, 4) is 0 Å². The van der Waals surface area contributed by atoms with Gasteiger partial charge in [0.15, 0.2) is 0 Å². The van der Waals surface area contributed by atoms with E-state index in [0.717, 1.165) is 4.48 Å². The van der Waals surface area contributed by atoms with Gasteiger partial charge in [-0.15, -0.1) is 0 Å². The highest BCUT2D eigenvalue weighted by molar-refractivity contribution is 5.41. The lowest BCUT2D eigenvalue weighted by Crippen LogP contribution is -3.00. The predicted molar refractivity (Wildman–Crippen MR) is 101 cm³/mol. The van der Waals surface area contributed by atoms with E-state index in [9.17, 15) is 0 Å². The number of quaternary nitrogens is 1. The van der Waals surface area contributed by atoms with Crippen LogP contribution in [-0.4, -0.2) is 20.1 Å². The summed E-state index contributed by atoms with van der Waals surface area (Å²) in [5.41, 5.74) is 1.46. The minimum absolute atomic E-state index is 0. The summed E-state index contributed by atoms with van der Waals surface area (Å²) >= 11 is 0. The molecule has 0 spiro atoms. The van der Waals surface area contributed by atoms with Gasteiger partial charge in [0.2, 0.25) is 0 Å². The summed E-state index contributed by atoms with van der Waals surface area (Å²) in [5, 5.41) is 0. The molecule has 1 aromatic carbocycles. The van der Waals surface area contributed by atoms with E-state index in [-0.39, 0.29) is 12.4 Å². The van der Waals surface area contributed by atoms with Crippen molar-refractivity contribution >= 4 is 5.69 Å². The quantitative estimate of drug-likeness (QED) is 0.381. The molecule has 2 heteroatoms. The second-order valence-electron chi connectivity index (χ2n) is 6.95. The SMILES string of the molecule is CCCCCCCCCCCC[N+](C)(CC)c1ccccc1.[Cl-]. The molecule has 0 aromatic heterocycles. The van der Waals surface area contributed by atoms with Gasteiger partial charge in [-0.25, -0.2) is 0 Å². The number of benzene rings is 1. The zero-order valence-electron chi connectivity index (χ0n) is 15.7. The van der Waals surface area contributed by atoms with E-state index in [0.29, 0.717) is 0 Å². The number of unbranched alkanes of at least 4 members (excludes halogenated alkanes) is 9.